The Morgan fingerprint density at radius 2 is 1.85 bits per heavy atom. The van der Waals surface area contributed by atoms with Crippen molar-refractivity contribution in [3.63, 3.8) is 0 Å². The average molecular weight is 277 g/mol. The summed E-state index contributed by atoms with van der Waals surface area (Å²) in [6, 6.07) is 18.0. The number of anilines is 1. The van der Waals surface area contributed by atoms with E-state index in [0.717, 1.165) is 11.4 Å². The molecule has 1 aliphatic heterocycles. The molecule has 20 heavy (non-hydrogen) atoms. The van der Waals surface area contributed by atoms with Crippen LogP contribution in [-0.2, 0) is 0 Å². The third-order valence-electron chi connectivity index (χ3n) is 3.30. The molecule has 3 nitrogen and oxygen atoms in total. The van der Waals surface area contributed by atoms with Gasteiger partial charge in [-0.2, -0.15) is 10.5 Å². The molecule has 0 aliphatic carbocycles. The highest BCUT2D eigenvalue weighted by Gasteiger charge is 2.22. The lowest BCUT2D eigenvalue weighted by molar-refractivity contribution is 0.900. The fourth-order valence-corrected chi connectivity index (χ4v) is 3.47. The van der Waals surface area contributed by atoms with Crippen LogP contribution >= 0.6 is 11.8 Å². The van der Waals surface area contributed by atoms with Crippen LogP contribution in [0.4, 0.5) is 5.69 Å². The van der Waals surface area contributed by atoms with Crippen molar-refractivity contribution in [1.82, 2.24) is 0 Å². The number of benzene rings is 2. The predicted octanol–water partition coefficient (Wildman–Crippen LogP) is 3.69. The van der Waals surface area contributed by atoms with Crippen molar-refractivity contribution in [2.24, 2.45) is 0 Å². The summed E-state index contributed by atoms with van der Waals surface area (Å²) >= 11 is 1.83. The van der Waals surface area contributed by atoms with E-state index in [0.29, 0.717) is 11.1 Å². The lowest BCUT2D eigenvalue weighted by Gasteiger charge is -2.15. The minimum absolute atomic E-state index is 0.246. The second-order valence-corrected chi connectivity index (χ2v) is 5.59. The molecule has 1 atom stereocenters. The fraction of sp³-hybridized carbons (Fsp3) is 0.125. The van der Waals surface area contributed by atoms with Crippen LogP contribution in [0.5, 0.6) is 0 Å². The highest BCUT2D eigenvalue weighted by atomic mass is 32.2. The van der Waals surface area contributed by atoms with Gasteiger partial charge in [-0.05, 0) is 29.8 Å². The number of fused-ring (bicyclic) bond motifs is 1. The normalized spacial score (nSPS) is 16.0. The zero-order valence-corrected chi connectivity index (χ0v) is 11.4. The summed E-state index contributed by atoms with van der Waals surface area (Å²) in [7, 11) is 0. The van der Waals surface area contributed by atoms with Gasteiger partial charge in [0.1, 0.15) is 12.1 Å². The number of hydrogen-bond acceptors (Lipinski definition) is 4. The van der Waals surface area contributed by atoms with Gasteiger partial charge in [0.05, 0.1) is 17.2 Å². The van der Waals surface area contributed by atoms with Crippen LogP contribution in [0, 0.1) is 22.7 Å². The summed E-state index contributed by atoms with van der Waals surface area (Å²) in [6.45, 7) is 0. The molecule has 0 bridgehead atoms. The van der Waals surface area contributed by atoms with E-state index in [1.807, 2.05) is 36.0 Å². The first-order valence-electron chi connectivity index (χ1n) is 6.24. The summed E-state index contributed by atoms with van der Waals surface area (Å²) in [5.74, 6) is 0.973. The lowest BCUT2D eigenvalue weighted by Crippen LogP contribution is -2.09. The molecule has 0 saturated carbocycles. The quantitative estimate of drug-likeness (QED) is 0.909. The molecule has 0 radical (unpaired) electrons. The number of hydrogen-bond donors (Lipinski definition) is 1. The molecular formula is C16H11N3S. The first kappa shape index (κ1) is 12.6. The molecule has 2 aromatic rings. The molecule has 1 N–H and O–H groups in total. The molecule has 0 spiro atoms. The number of nitrogens with zero attached hydrogens (tertiary/aromatic N) is 2. The van der Waals surface area contributed by atoms with E-state index in [9.17, 15) is 0 Å². The summed E-state index contributed by atoms with van der Waals surface area (Å²) in [4.78, 5) is 1.30. The average Bonchev–Trinajstić information content (AvgIpc) is 2.90. The fourth-order valence-electron chi connectivity index (χ4n) is 2.31. The molecular weight excluding hydrogens is 266 g/mol. The second-order valence-electron chi connectivity index (χ2n) is 4.53. The lowest BCUT2D eigenvalue weighted by atomic mass is 10.1. The monoisotopic (exact) mass is 277 g/mol. The Bertz CT molecular complexity index is 740. The van der Waals surface area contributed by atoms with Crippen LogP contribution in [0.1, 0.15) is 22.7 Å². The Morgan fingerprint density at radius 3 is 2.65 bits per heavy atom. The maximum atomic E-state index is 9.06. The van der Waals surface area contributed by atoms with Gasteiger partial charge in [-0.25, -0.2) is 0 Å². The van der Waals surface area contributed by atoms with Crippen molar-refractivity contribution >= 4 is 17.4 Å². The number of thioether (sulfide) groups is 1. The van der Waals surface area contributed by atoms with Gasteiger partial charge in [0.25, 0.3) is 0 Å². The van der Waals surface area contributed by atoms with Crippen LogP contribution in [0.15, 0.2) is 47.4 Å². The molecule has 1 unspecified atom stereocenters. The topological polar surface area (TPSA) is 59.6 Å². The van der Waals surface area contributed by atoms with Crippen molar-refractivity contribution < 1.29 is 0 Å². The van der Waals surface area contributed by atoms with Gasteiger partial charge in [0.15, 0.2) is 0 Å². The van der Waals surface area contributed by atoms with E-state index in [1.165, 1.54) is 10.5 Å². The second kappa shape index (κ2) is 5.28. The van der Waals surface area contributed by atoms with Gasteiger partial charge < -0.3 is 5.32 Å². The zero-order valence-electron chi connectivity index (χ0n) is 10.6. The number of nitriles is 2. The predicted molar refractivity (Wildman–Crippen MR) is 79.4 cm³/mol. The van der Waals surface area contributed by atoms with Crippen molar-refractivity contribution in [1.29, 1.82) is 10.5 Å². The van der Waals surface area contributed by atoms with Gasteiger partial charge in [0.2, 0.25) is 0 Å². The van der Waals surface area contributed by atoms with Crippen molar-refractivity contribution in [3.05, 3.63) is 59.2 Å². The SMILES string of the molecule is N#Cc1ccc(NC2CSc3ccccc32)cc1C#N. The molecule has 3 rings (SSSR count). The van der Waals surface area contributed by atoms with Gasteiger partial charge in [-0.1, -0.05) is 18.2 Å². The Labute approximate surface area is 121 Å². The third kappa shape index (κ3) is 2.22. The molecule has 0 aromatic heterocycles. The maximum Gasteiger partial charge on any atom is 0.101 e. The van der Waals surface area contributed by atoms with Crippen molar-refractivity contribution in [3.8, 4) is 12.1 Å². The minimum atomic E-state index is 0.246. The van der Waals surface area contributed by atoms with E-state index in [-0.39, 0.29) is 6.04 Å². The van der Waals surface area contributed by atoms with E-state index in [2.05, 4.69) is 23.5 Å². The smallest absolute Gasteiger partial charge is 0.101 e. The van der Waals surface area contributed by atoms with Crippen LogP contribution in [-0.4, -0.2) is 5.75 Å². The van der Waals surface area contributed by atoms with E-state index in [4.69, 9.17) is 10.5 Å². The van der Waals surface area contributed by atoms with E-state index in [1.54, 1.807) is 12.1 Å². The first-order valence-corrected chi connectivity index (χ1v) is 7.23. The molecule has 96 valence electrons. The summed E-state index contributed by atoms with van der Waals surface area (Å²) in [6.07, 6.45) is 0. The van der Waals surface area contributed by atoms with E-state index >= 15 is 0 Å². The van der Waals surface area contributed by atoms with Gasteiger partial charge in [0, 0.05) is 16.3 Å². The molecule has 2 aromatic carbocycles. The van der Waals surface area contributed by atoms with Crippen LogP contribution in [0.3, 0.4) is 0 Å². The summed E-state index contributed by atoms with van der Waals surface area (Å²) in [5.41, 5.74) is 3.00. The standard InChI is InChI=1S/C16H11N3S/c17-8-11-5-6-13(7-12(11)9-18)19-15-10-20-16-4-2-1-3-14(15)16/h1-7,15,19H,10H2. The Morgan fingerprint density at radius 1 is 1.05 bits per heavy atom. The Hall–Kier alpha value is -2.43. The molecule has 1 aliphatic rings. The van der Waals surface area contributed by atoms with Gasteiger partial charge >= 0.3 is 0 Å². The summed E-state index contributed by atoms with van der Waals surface area (Å²) in [5, 5.41) is 21.4. The van der Waals surface area contributed by atoms with Crippen LogP contribution < -0.4 is 5.32 Å². The molecule has 0 fully saturated rings. The largest absolute Gasteiger partial charge is 0.377 e. The first-order chi connectivity index (χ1) is 9.81. The minimum Gasteiger partial charge on any atom is -0.377 e. The highest BCUT2D eigenvalue weighted by Crippen LogP contribution is 2.39. The van der Waals surface area contributed by atoms with Crippen LogP contribution in [0.2, 0.25) is 0 Å². The maximum absolute atomic E-state index is 9.06. The van der Waals surface area contributed by atoms with E-state index < -0.39 is 0 Å². The van der Waals surface area contributed by atoms with Gasteiger partial charge in [-0.3, -0.25) is 0 Å². The molecule has 0 amide bonds. The number of rotatable bonds is 2. The molecule has 0 saturated heterocycles. The van der Waals surface area contributed by atoms with Gasteiger partial charge in [-0.15, -0.1) is 11.8 Å². The Balaban J connectivity index is 1.87. The number of nitrogens with one attached hydrogen (secondary N) is 1. The summed E-state index contributed by atoms with van der Waals surface area (Å²) < 4.78 is 0. The van der Waals surface area contributed by atoms with Crippen molar-refractivity contribution in [2.45, 2.75) is 10.9 Å². The Kier molecular flexibility index (Phi) is 3.33. The zero-order chi connectivity index (χ0) is 13.9. The van der Waals surface area contributed by atoms with Crippen LogP contribution in [0.25, 0.3) is 0 Å². The highest BCUT2D eigenvalue weighted by molar-refractivity contribution is 7.99. The van der Waals surface area contributed by atoms with Crippen molar-refractivity contribution in [2.75, 3.05) is 11.1 Å². The third-order valence-corrected chi connectivity index (χ3v) is 4.48. The molecule has 4 heteroatoms. The molecule has 1 heterocycles.